The molecule has 0 saturated heterocycles. The Kier molecular flexibility index (Phi) is 6.75. The highest BCUT2D eigenvalue weighted by Gasteiger charge is 2.16. The molecule has 0 saturated carbocycles. The maximum Gasteiger partial charge on any atom is 0.0468 e. The molecule has 10 rings (SSSR count). The molecule has 50 heavy (non-hydrogen) atoms. The van der Waals surface area contributed by atoms with Crippen LogP contribution in [0.4, 0.5) is 17.1 Å². The van der Waals surface area contributed by atoms with E-state index in [0.717, 1.165) is 17.1 Å². The van der Waals surface area contributed by atoms with Crippen LogP contribution in [0.5, 0.6) is 0 Å². The molecule has 1 aromatic heterocycles. The van der Waals surface area contributed by atoms with Crippen LogP contribution in [-0.4, -0.2) is 0 Å². The van der Waals surface area contributed by atoms with Crippen molar-refractivity contribution < 1.29 is 0 Å². The molecule has 0 aliphatic rings. The lowest BCUT2D eigenvalue weighted by Gasteiger charge is -2.27. The second kappa shape index (κ2) is 11.7. The molecule has 0 atom stereocenters. The zero-order valence-corrected chi connectivity index (χ0v) is 28.1. The van der Waals surface area contributed by atoms with Gasteiger partial charge < -0.3 is 4.90 Å². The molecule has 0 spiro atoms. The molecule has 1 nitrogen and oxygen atoms in total. The largest absolute Gasteiger partial charge is 0.310 e. The van der Waals surface area contributed by atoms with Crippen molar-refractivity contribution in [2.75, 3.05) is 4.90 Å². The zero-order chi connectivity index (χ0) is 33.0. The lowest BCUT2D eigenvalue weighted by Crippen LogP contribution is -2.10. The van der Waals surface area contributed by atoms with Crippen LogP contribution in [-0.2, 0) is 0 Å². The van der Waals surface area contributed by atoms with Gasteiger partial charge in [-0.2, -0.15) is 0 Å². The van der Waals surface area contributed by atoms with Crippen LogP contribution in [0, 0.1) is 0 Å². The van der Waals surface area contributed by atoms with Gasteiger partial charge in [-0.05, 0) is 109 Å². The quantitative estimate of drug-likeness (QED) is 0.167. The smallest absolute Gasteiger partial charge is 0.0468 e. The second-order valence-electron chi connectivity index (χ2n) is 13.0. The number of thiophene rings is 1. The monoisotopic (exact) mass is 653 g/mol. The molecule has 9 aromatic carbocycles. The van der Waals surface area contributed by atoms with Crippen LogP contribution in [0.25, 0.3) is 74.7 Å². The van der Waals surface area contributed by atoms with Crippen LogP contribution >= 0.6 is 11.3 Å². The highest BCUT2D eigenvalue weighted by molar-refractivity contribution is 7.25. The van der Waals surface area contributed by atoms with Gasteiger partial charge >= 0.3 is 0 Å². The maximum absolute atomic E-state index is 2.38. The van der Waals surface area contributed by atoms with Crippen molar-refractivity contribution in [2.45, 2.75) is 0 Å². The molecular formula is C48H31NS. The zero-order valence-electron chi connectivity index (χ0n) is 27.3. The Balaban J connectivity index is 1.07. The van der Waals surface area contributed by atoms with Crippen molar-refractivity contribution in [1.82, 2.24) is 0 Å². The lowest BCUT2D eigenvalue weighted by atomic mass is 10.00. The molecule has 234 valence electrons. The molecule has 0 unspecified atom stereocenters. The van der Waals surface area contributed by atoms with Gasteiger partial charge in [0.25, 0.3) is 0 Å². The average molecular weight is 654 g/mol. The fourth-order valence-electron chi connectivity index (χ4n) is 7.49. The predicted octanol–water partition coefficient (Wildman–Crippen LogP) is 14.3. The third kappa shape index (κ3) is 4.92. The highest BCUT2D eigenvalue weighted by atomic mass is 32.1. The number of hydrogen-bond acceptors (Lipinski definition) is 2. The van der Waals surface area contributed by atoms with E-state index in [0.29, 0.717) is 0 Å². The minimum Gasteiger partial charge on any atom is -0.310 e. The Labute approximate surface area is 294 Å². The highest BCUT2D eigenvalue weighted by Crippen LogP contribution is 2.41. The summed E-state index contributed by atoms with van der Waals surface area (Å²) < 4.78 is 2.66. The van der Waals surface area contributed by atoms with E-state index in [-0.39, 0.29) is 0 Å². The molecule has 0 N–H and O–H groups in total. The van der Waals surface area contributed by atoms with E-state index in [1.807, 2.05) is 11.3 Å². The van der Waals surface area contributed by atoms with Crippen molar-refractivity contribution >= 4 is 80.9 Å². The Bertz CT molecular complexity index is 2870. The van der Waals surface area contributed by atoms with Crippen molar-refractivity contribution in [2.24, 2.45) is 0 Å². The Morgan fingerprint density at radius 3 is 1.72 bits per heavy atom. The van der Waals surface area contributed by atoms with Gasteiger partial charge in [-0.1, -0.05) is 133 Å². The van der Waals surface area contributed by atoms with Gasteiger partial charge in [0, 0.05) is 37.2 Å². The van der Waals surface area contributed by atoms with Gasteiger partial charge in [-0.25, -0.2) is 0 Å². The van der Waals surface area contributed by atoms with E-state index in [1.165, 1.54) is 74.7 Å². The summed E-state index contributed by atoms with van der Waals surface area (Å²) in [5, 5.41) is 10.3. The number of anilines is 3. The summed E-state index contributed by atoms with van der Waals surface area (Å²) in [4.78, 5) is 2.38. The van der Waals surface area contributed by atoms with Gasteiger partial charge in [-0.3, -0.25) is 0 Å². The van der Waals surface area contributed by atoms with Gasteiger partial charge in [0.15, 0.2) is 0 Å². The summed E-state index contributed by atoms with van der Waals surface area (Å²) in [6.07, 6.45) is 0. The Morgan fingerprint density at radius 1 is 0.280 bits per heavy atom. The first kappa shape index (κ1) is 28.8. The van der Waals surface area contributed by atoms with Crippen molar-refractivity contribution in [1.29, 1.82) is 0 Å². The first-order valence-corrected chi connectivity index (χ1v) is 17.9. The van der Waals surface area contributed by atoms with Crippen molar-refractivity contribution in [3.05, 3.63) is 188 Å². The number of rotatable bonds is 5. The van der Waals surface area contributed by atoms with Crippen LogP contribution in [0.3, 0.4) is 0 Å². The summed E-state index contributed by atoms with van der Waals surface area (Å²) in [5.41, 5.74) is 8.22. The molecule has 0 amide bonds. The van der Waals surface area contributed by atoms with Crippen LogP contribution in [0.15, 0.2) is 188 Å². The van der Waals surface area contributed by atoms with E-state index < -0.39 is 0 Å². The van der Waals surface area contributed by atoms with Crippen molar-refractivity contribution in [3.8, 4) is 22.3 Å². The first-order chi connectivity index (χ1) is 24.7. The molecule has 1 heterocycles. The predicted molar refractivity (Wildman–Crippen MR) is 217 cm³/mol. The van der Waals surface area contributed by atoms with Crippen LogP contribution in [0.2, 0.25) is 0 Å². The van der Waals surface area contributed by atoms with E-state index in [4.69, 9.17) is 0 Å². The van der Waals surface area contributed by atoms with E-state index in [9.17, 15) is 0 Å². The first-order valence-electron chi connectivity index (χ1n) is 17.1. The Morgan fingerprint density at radius 2 is 0.860 bits per heavy atom. The molecular weight excluding hydrogens is 623 g/mol. The standard InChI is InChI=1S/C48H31NS/c1-2-9-32(10-3-1)35-14-8-15-41(27-35)49(42-24-26-44-39(28-42)18-17-34-11-6-7-16-43(34)44)40-22-19-33(20-23-40)38-21-25-45-46-29-36-12-4-5-13-37(36)30-48(46)50-47(45)31-38/h1-31H. The molecule has 0 aliphatic carbocycles. The molecule has 0 fully saturated rings. The van der Waals surface area contributed by atoms with Crippen LogP contribution < -0.4 is 4.90 Å². The summed E-state index contributed by atoms with van der Waals surface area (Å²) in [6.45, 7) is 0. The maximum atomic E-state index is 2.38. The fraction of sp³-hybridized carbons (Fsp3) is 0. The number of benzene rings is 9. The van der Waals surface area contributed by atoms with Gasteiger partial charge in [-0.15, -0.1) is 11.3 Å². The summed E-state index contributed by atoms with van der Waals surface area (Å²) >= 11 is 1.88. The second-order valence-corrected chi connectivity index (χ2v) is 14.1. The fourth-order valence-corrected chi connectivity index (χ4v) is 8.66. The summed E-state index contributed by atoms with van der Waals surface area (Å²) in [6, 6.07) is 68.8. The number of nitrogens with zero attached hydrogens (tertiary/aromatic N) is 1. The van der Waals surface area contributed by atoms with E-state index >= 15 is 0 Å². The molecule has 10 aromatic rings. The molecule has 0 aliphatic heterocycles. The third-order valence-corrected chi connectivity index (χ3v) is 11.1. The van der Waals surface area contributed by atoms with E-state index in [1.54, 1.807) is 0 Å². The lowest BCUT2D eigenvalue weighted by molar-refractivity contribution is 1.29. The topological polar surface area (TPSA) is 3.24 Å². The van der Waals surface area contributed by atoms with Gasteiger partial charge in [0.05, 0.1) is 0 Å². The van der Waals surface area contributed by atoms with Crippen LogP contribution in [0.1, 0.15) is 0 Å². The molecule has 2 heteroatoms. The number of fused-ring (bicyclic) bond motifs is 7. The Hall–Kier alpha value is -6.22. The summed E-state index contributed by atoms with van der Waals surface area (Å²) in [7, 11) is 0. The molecule has 0 radical (unpaired) electrons. The van der Waals surface area contributed by atoms with E-state index in [2.05, 4.69) is 193 Å². The minimum absolute atomic E-state index is 1.12. The normalized spacial score (nSPS) is 11.6. The summed E-state index contributed by atoms with van der Waals surface area (Å²) in [5.74, 6) is 0. The minimum atomic E-state index is 1.12. The SMILES string of the molecule is c1ccc(-c2cccc(N(c3ccc(-c4ccc5c(c4)sc4cc6ccccc6cc45)cc3)c3ccc4c(ccc5ccccc54)c3)c2)cc1. The van der Waals surface area contributed by atoms with Gasteiger partial charge in [0.2, 0.25) is 0 Å². The van der Waals surface area contributed by atoms with Gasteiger partial charge in [0.1, 0.15) is 0 Å². The molecule has 0 bridgehead atoms. The van der Waals surface area contributed by atoms with Crippen molar-refractivity contribution in [3.63, 3.8) is 0 Å². The average Bonchev–Trinajstić information content (AvgIpc) is 3.54. The third-order valence-electron chi connectivity index (χ3n) is 10.00. The number of hydrogen-bond donors (Lipinski definition) is 0.